The van der Waals surface area contributed by atoms with E-state index in [4.69, 9.17) is 4.98 Å². The summed E-state index contributed by atoms with van der Waals surface area (Å²) in [6.45, 7) is 4.45. The number of aryl methyl sites for hydroxylation is 1. The average molecular weight is 488 g/mol. The lowest BCUT2D eigenvalue weighted by atomic mass is 10.0. The summed E-state index contributed by atoms with van der Waals surface area (Å²) < 4.78 is 0. The van der Waals surface area contributed by atoms with Crippen LogP contribution in [-0.2, 0) is 17.6 Å². The maximum atomic E-state index is 13.0. The molecule has 0 spiro atoms. The summed E-state index contributed by atoms with van der Waals surface area (Å²) in [7, 11) is 0. The summed E-state index contributed by atoms with van der Waals surface area (Å²) in [6, 6.07) is 17.8. The van der Waals surface area contributed by atoms with Crippen molar-refractivity contribution in [2.75, 3.05) is 31.1 Å². The Kier molecular flexibility index (Phi) is 6.41. The van der Waals surface area contributed by atoms with E-state index >= 15 is 0 Å². The molecule has 4 aromatic rings. The molecule has 5 rings (SSSR count). The molecule has 0 atom stereocenters. The predicted molar refractivity (Wildman–Crippen MR) is 137 cm³/mol. The van der Waals surface area contributed by atoms with E-state index < -0.39 is 4.92 Å². The summed E-state index contributed by atoms with van der Waals surface area (Å²) in [5.74, 6) is 0.795. The average Bonchev–Trinajstić information content (AvgIpc) is 3.22. The van der Waals surface area contributed by atoms with Crippen molar-refractivity contribution in [3.05, 3.63) is 92.1 Å². The zero-order chi connectivity index (χ0) is 24.4. The zero-order valence-electron chi connectivity index (χ0n) is 19.4. The largest absolute Gasteiger partial charge is 0.353 e. The van der Waals surface area contributed by atoms with Crippen molar-refractivity contribution in [1.29, 1.82) is 0 Å². The first-order valence-corrected chi connectivity index (χ1v) is 12.3. The number of thiazole rings is 1. The van der Waals surface area contributed by atoms with Gasteiger partial charge in [-0.05, 0) is 29.3 Å². The number of aromatic nitrogens is 2. The summed E-state index contributed by atoms with van der Waals surface area (Å²) in [6.07, 6.45) is 2.38. The Morgan fingerprint density at radius 2 is 1.83 bits per heavy atom. The molecule has 1 amide bonds. The molecule has 0 unspecified atom stereocenters. The van der Waals surface area contributed by atoms with Crippen molar-refractivity contribution in [3.63, 3.8) is 0 Å². The number of amides is 1. The number of pyridine rings is 1. The number of anilines is 1. The van der Waals surface area contributed by atoms with Gasteiger partial charge in [-0.2, -0.15) is 0 Å². The van der Waals surface area contributed by atoms with Gasteiger partial charge < -0.3 is 9.80 Å². The van der Waals surface area contributed by atoms with Crippen molar-refractivity contribution in [2.24, 2.45) is 0 Å². The molecular formula is C26H25N5O3S. The van der Waals surface area contributed by atoms with Gasteiger partial charge in [-0.3, -0.25) is 14.9 Å². The molecule has 1 aliphatic rings. The number of hydrogen-bond acceptors (Lipinski definition) is 7. The molecule has 1 fully saturated rings. The van der Waals surface area contributed by atoms with Crippen molar-refractivity contribution < 1.29 is 9.72 Å². The highest BCUT2D eigenvalue weighted by atomic mass is 32.1. The summed E-state index contributed by atoms with van der Waals surface area (Å²) >= 11 is 1.62. The van der Waals surface area contributed by atoms with Crippen LogP contribution in [-0.4, -0.2) is 51.9 Å². The maximum Gasteiger partial charge on any atom is 0.287 e. The standard InChI is InChI=1S/C26H25N5O3S/c1-18-23(35-25(28-18)15-20-7-4-6-19-5-2-3-8-22(19)20)16-26(32)30-13-11-29(12-14-30)24-10-9-21(17-27-24)31(33)34/h2-10,17H,11-16H2,1H3. The van der Waals surface area contributed by atoms with Gasteiger partial charge in [-0.1, -0.05) is 42.5 Å². The Labute approximate surface area is 207 Å². The van der Waals surface area contributed by atoms with Crippen LogP contribution in [0.3, 0.4) is 0 Å². The minimum Gasteiger partial charge on any atom is -0.353 e. The first kappa shape index (κ1) is 22.9. The number of nitrogens with zero attached hydrogens (tertiary/aromatic N) is 5. The SMILES string of the molecule is Cc1nc(Cc2cccc3ccccc23)sc1CC(=O)N1CCN(c2ccc([N+](=O)[O-])cn2)CC1. The van der Waals surface area contributed by atoms with Gasteiger partial charge in [0.25, 0.3) is 5.69 Å². The minimum atomic E-state index is -0.456. The van der Waals surface area contributed by atoms with Gasteiger partial charge in [-0.15, -0.1) is 11.3 Å². The molecule has 0 radical (unpaired) electrons. The van der Waals surface area contributed by atoms with Crippen LogP contribution in [0.15, 0.2) is 60.8 Å². The Bertz CT molecular complexity index is 1370. The van der Waals surface area contributed by atoms with Crippen LogP contribution >= 0.6 is 11.3 Å². The van der Waals surface area contributed by atoms with E-state index in [-0.39, 0.29) is 11.6 Å². The van der Waals surface area contributed by atoms with Crippen LogP contribution in [0, 0.1) is 17.0 Å². The third-order valence-corrected chi connectivity index (χ3v) is 7.53. The van der Waals surface area contributed by atoms with Gasteiger partial charge in [0.05, 0.1) is 22.0 Å². The molecule has 0 saturated carbocycles. The molecule has 9 heteroatoms. The highest BCUT2D eigenvalue weighted by Gasteiger charge is 2.24. The van der Waals surface area contributed by atoms with E-state index in [1.807, 2.05) is 22.8 Å². The highest BCUT2D eigenvalue weighted by molar-refractivity contribution is 7.11. The highest BCUT2D eigenvalue weighted by Crippen LogP contribution is 2.26. The molecule has 1 aliphatic heterocycles. The Hall–Kier alpha value is -3.85. The molecule has 178 valence electrons. The minimum absolute atomic E-state index is 0.0256. The van der Waals surface area contributed by atoms with Gasteiger partial charge in [0.15, 0.2) is 0 Å². The molecular weight excluding hydrogens is 462 g/mol. The van der Waals surface area contributed by atoms with Crippen LogP contribution in [0.1, 0.15) is 21.1 Å². The van der Waals surface area contributed by atoms with Crippen LogP contribution in [0.25, 0.3) is 10.8 Å². The molecule has 0 N–H and O–H groups in total. The first-order valence-electron chi connectivity index (χ1n) is 11.5. The normalized spacial score (nSPS) is 13.9. The molecule has 3 heterocycles. The smallest absolute Gasteiger partial charge is 0.287 e. The third kappa shape index (κ3) is 5.00. The lowest BCUT2D eigenvalue weighted by Gasteiger charge is -2.35. The third-order valence-electron chi connectivity index (χ3n) is 6.37. The second-order valence-electron chi connectivity index (χ2n) is 8.61. The molecule has 1 saturated heterocycles. The van der Waals surface area contributed by atoms with Crippen molar-refractivity contribution in [2.45, 2.75) is 19.8 Å². The van der Waals surface area contributed by atoms with Crippen LogP contribution < -0.4 is 4.90 Å². The van der Waals surface area contributed by atoms with Gasteiger partial charge in [-0.25, -0.2) is 9.97 Å². The van der Waals surface area contributed by atoms with Gasteiger partial charge in [0, 0.05) is 43.5 Å². The van der Waals surface area contributed by atoms with E-state index in [9.17, 15) is 14.9 Å². The van der Waals surface area contributed by atoms with Gasteiger partial charge in [0.1, 0.15) is 12.0 Å². The number of benzene rings is 2. The Morgan fingerprint density at radius 3 is 2.57 bits per heavy atom. The van der Waals surface area contributed by atoms with E-state index in [0.29, 0.717) is 38.4 Å². The number of rotatable bonds is 6. The van der Waals surface area contributed by atoms with Crippen LogP contribution in [0.2, 0.25) is 0 Å². The van der Waals surface area contributed by atoms with Crippen molar-refractivity contribution >= 4 is 39.5 Å². The monoisotopic (exact) mass is 487 g/mol. The lowest BCUT2D eigenvalue weighted by Crippen LogP contribution is -2.49. The first-order chi connectivity index (χ1) is 17.0. The van der Waals surface area contributed by atoms with E-state index in [0.717, 1.165) is 22.0 Å². The molecule has 35 heavy (non-hydrogen) atoms. The van der Waals surface area contributed by atoms with Crippen LogP contribution in [0.4, 0.5) is 11.5 Å². The van der Waals surface area contributed by atoms with E-state index in [1.165, 1.54) is 28.6 Å². The van der Waals surface area contributed by atoms with E-state index in [2.05, 4.69) is 41.4 Å². The topological polar surface area (TPSA) is 92.5 Å². The van der Waals surface area contributed by atoms with Crippen molar-refractivity contribution in [1.82, 2.24) is 14.9 Å². The quantitative estimate of drug-likeness (QED) is 0.296. The van der Waals surface area contributed by atoms with Crippen molar-refractivity contribution in [3.8, 4) is 0 Å². The zero-order valence-corrected chi connectivity index (χ0v) is 20.2. The fourth-order valence-electron chi connectivity index (χ4n) is 4.44. The molecule has 2 aromatic heterocycles. The number of carbonyl (C=O) groups excluding carboxylic acids is 1. The Morgan fingerprint density at radius 1 is 1.06 bits per heavy atom. The number of nitro groups is 1. The maximum absolute atomic E-state index is 13.0. The fourth-order valence-corrected chi connectivity index (χ4v) is 5.53. The fraction of sp³-hybridized carbons (Fsp3) is 0.269. The number of carbonyl (C=O) groups is 1. The Balaban J connectivity index is 1.20. The molecule has 8 nitrogen and oxygen atoms in total. The second-order valence-corrected chi connectivity index (χ2v) is 9.78. The number of fused-ring (bicyclic) bond motifs is 1. The molecule has 0 bridgehead atoms. The second kappa shape index (κ2) is 9.79. The van der Waals surface area contributed by atoms with Gasteiger partial charge >= 0.3 is 0 Å². The molecule has 2 aromatic carbocycles. The number of hydrogen-bond donors (Lipinski definition) is 0. The summed E-state index contributed by atoms with van der Waals surface area (Å²) in [5, 5.41) is 14.3. The summed E-state index contributed by atoms with van der Waals surface area (Å²) in [4.78, 5) is 37.3. The van der Waals surface area contributed by atoms with Crippen LogP contribution in [0.5, 0.6) is 0 Å². The van der Waals surface area contributed by atoms with Gasteiger partial charge in [0.2, 0.25) is 5.91 Å². The van der Waals surface area contributed by atoms with E-state index in [1.54, 1.807) is 17.4 Å². The molecule has 0 aliphatic carbocycles. The lowest BCUT2D eigenvalue weighted by molar-refractivity contribution is -0.385. The number of piperazine rings is 1. The predicted octanol–water partition coefficient (Wildman–Crippen LogP) is 4.39. The summed E-state index contributed by atoms with van der Waals surface area (Å²) in [5.41, 5.74) is 2.14.